The molecule has 3 rings (SSSR count). The molecule has 2 heterocycles. The zero-order chi connectivity index (χ0) is 18.0. The van der Waals surface area contributed by atoms with Crippen LogP contribution in [0.1, 0.15) is 20.9 Å². The Morgan fingerprint density at radius 3 is 3.00 bits per heavy atom. The van der Waals surface area contributed by atoms with E-state index in [1.807, 2.05) is 0 Å². The van der Waals surface area contributed by atoms with Gasteiger partial charge in [-0.25, -0.2) is 4.79 Å². The van der Waals surface area contributed by atoms with E-state index in [9.17, 15) is 14.9 Å². The molecular weight excluding hydrogens is 365 g/mol. The highest BCUT2D eigenvalue weighted by Crippen LogP contribution is 2.38. The van der Waals surface area contributed by atoms with E-state index >= 15 is 0 Å². The first-order valence-electron chi connectivity index (χ1n) is 7.47. The van der Waals surface area contributed by atoms with Crippen molar-refractivity contribution in [3.8, 4) is 11.5 Å². The number of methoxy groups -OCH3 is 1. The Morgan fingerprint density at radius 2 is 2.36 bits per heavy atom. The molecule has 4 N–H and O–H groups in total. The lowest BCUT2D eigenvalue weighted by molar-refractivity contribution is 0.0690. The van der Waals surface area contributed by atoms with Crippen LogP contribution in [0.2, 0.25) is 0 Å². The van der Waals surface area contributed by atoms with Crippen LogP contribution in [0.4, 0.5) is 5.13 Å². The molecule has 132 valence electrons. The molecule has 1 unspecified atom stereocenters. The number of benzene rings is 1. The summed E-state index contributed by atoms with van der Waals surface area (Å²) in [6.45, 7) is 0. The van der Waals surface area contributed by atoms with E-state index in [0.29, 0.717) is 18.0 Å². The maximum absolute atomic E-state index is 11.5. The lowest BCUT2D eigenvalue weighted by Crippen LogP contribution is -2.41. The molecule has 25 heavy (non-hydrogen) atoms. The third-order valence-electron chi connectivity index (χ3n) is 3.74. The predicted molar refractivity (Wildman–Crippen MR) is 96.5 cm³/mol. The standard InChI is InChI=1S/C14H16BN3O5S2/c1-22-8-3-2-7-6-9(15(21)23-12(7)11(8)13(19)20)24-5-4-10-17-18-14(16)25-10/h2-3,9,21H,4-6H2,1H3,(H2,16,18)(H,19,20). The van der Waals surface area contributed by atoms with Crippen molar-refractivity contribution in [3.05, 3.63) is 28.3 Å². The first-order chi connectivity index (χ1) is 12.0. The molecule has 1 aliphatic rings. The average Bonchev–Trinajstić information content (AvgIpc) is 2.99. The molecule has 0 saturated carbocycles. The van der Waals surface area contributed by atoms with E-state index in [-0.39, 0.29) is 22.2 Å². The summed E-state index contributed by atoms with van der Waals surface area (Å²) in [5, 5.41) is 28.5. The molecule has 0 spiro atoms. The number of hydrogen-bond acceptors (Lipinski definition) is 9. The third kappa shape index (κ3) is 3.83. The number of carboxylic acid groups (broad SMARTS) is 1. The van der Waals surface area contributed by atoms with Gasteiger partial charge in [0.1, 0.15) is 22.1 Å². The molecule has 8 nitrogen and oxygen atoms in total. The van der Waals surface area contributed by atoms with Crippen molar-refractivity contribution in [2.75, 3.05) is 18.6 Å². The minimum Gasteiger partial charge on any atom is -0.534 e. The topological polar surface area (TPSA) is 128 Å². The van der Waals surface area contributed by atoms with Crippen molar-refractivity contribution >= 4 is 41.3 Å². The lowest BCUT2D eigenvalue weighted by atomic mass is 9.77. The van der Waals surface area contributed by atoms with Crippen molar-refractivity contribution in [1.29, 1.82) is 0 Å². The van der Waals surface area contributed by atoms with Crippen LogP contribution in [-0.4, -0.2) is 51.4 Å². The number of fused-ring (bicyclic) bond motifs is 1. The summed E-state index contributed by atoms with van der Waals surface area (Å²) >= 11 is 2.88. The molecule has 2 aromatic rings. The van der Waals surface area contributed by atoms with Gasteiger partial charge in [-0.15, -0.1) is 10.2 Å². The molecule has 0 fully saturated rings. The number of rotatable bonds is 6. The van der Waals surface area contributed by atoms with Crippen LogP contribution in [-0.2, 0) is 12.8 Å². The Kier molecular flexibility index (Phi) is 5.35. The number of hydrogen-bond donors (Lipinski definition) is 3. The highest BCUT2D eigenvalue weighted by molar-refractivity contribution is 8.01. The maximum Gasteiger partial charge on any atom is 0.536 e. The van der Waals surface area contributed by atoms with E-state index in [1.54, 1.807) is 23.9 Å². The fourth-order valence-electron chi connectivity index (χ4n) is 2.60. The van der Waals surface area contributed by atoms with Gasteiger partial charge in [-0.1, -0.05) is 17.4 Å². The lowest BCUT2D eigenvalue weighted by Gasteiger charge is -2.28. The molecule has 1 atom stereocenters. The van der Waals surface area contributed by atoms with E-state index in [4.69, 9.17) is 15.1 Å². The van der Waals surface area contributed by atoms with Gasteiger partial charge in [0.2, 0.25) is 5.13 Å². The summed E-state index contributed by atoms with van der Waals surface area (Å²) in [5.74, 6) is -0.0517. The fourth-order valence-corrected chi connectivity index (χ4v) is 4.47. The molecule has 11 heteroatoms. The van der Waals surface area contributed by atoms with Crippen LogP contribution in [0.5, 0.6) is 11.5 Å². The minimum absolute atomic E-state index is 0.0631. The normalized spacial score (nSPS) is 16.2. The molecule has 1 aliphatic heterocycles. The number of ether oxygens (including phenoxy) is 1. The first-order valence-corrected chi connectivity index (χ1v) is 9.33. The van der Waals surface area contributed by atoms with E-state index in [0.717, 1.165) is 16.3 Å². The molecular formula is C14H16BN3O5S2. The Balaban J connectivity index is 1.70. The van der Waals surface area contributed by atoms with Gasteiger partial charge in [0, 0.05) is 6.42 Å². The molecule has 0 bridgehead atoms. The SMILES string of the molecule is COc1ccc2c(c1C(=O)O)OB(O)C(SCCc1nnc(N)s1)C2. The van der Waals surface area contributed by atoms with Crippen molar-refractivity contribution < 1.29 is 24.3 Å². The van der Waals surface area contributed by atoms with Crippen LogP contribution in [0, 0.1) is 0 Å². The first kappa shape index (κ1) is 17.8. The summed E-state index contributed by atoms with van der Waals surface area (Å²) < 4.78 is 10.6. The smallest absolute Gasteiger partial charge is 0.534 e. The Morgan fingerprint density at radius 1 is 1.56 bits per heavy atom. The monoisotopic (exact) mass is 381 g/mol. The summed E-state index contributed by atoms with van der Waals surface area (Å²) in [6.07, 6.45) is 1.20. The number of carbonyl (C=O) groups is 1. The van der Waals surface area contributed by atoms with Gasteiger partial charge in [0.25, 0.3) is 0 Å². The number of thioether (sulfide) groups is 1. The predicted octanol–water partition coefficient (Wildman–Crippen LogP) is 1.13. The van der Waals surface area contributed by atoms with Crippen molar-refractivity contribution in [2.45, 2.75) is 18.0 Å². The average molecular weight is 381 g/mol. The number of nitrogen functional groups attached to an aromatic ring is 1. The van der Waals surface area contributed by atoms with Gasteiger partial charge in [0.05, 0.1) is 12.3 Å². The quantitative estimate of drug-likeness (QED) is 0.631. The number of aryl methyl sites for hydroxylation is 1. The van der Waals surface area contributed by atoms with Crippen molar-refractivity contribution in [3.63, 3.8) is 0 Å². The molecule has 0 saturated heterocycles. The van der Waals surface area contributed by atoms with Crippen LogP contribution < -0.4 is 15.1 Å². The van der Waals surface area contributed by atoms with Crippen LogP contribution in [0.3, 0.4) is 0 Å². The van der Waals surface area contributed by atoms with Crippen LogP contribution in [0.15, 0.2) is 12.1 Å². The Bertz CT molecular complexity index is 788. The largest absolute Gasteiger partial charge is 0.536 e. The van der Waals surface area contributed by atoms with Gasteiger partial charge in [-0.2, -0.15) is 11.8 Å². The second-order valence-electron chi connectivity index (χ2n) is 5.34. The number of carboxylic acids is 1. The highest BCUT2D eigenvalue weighted by atomic mass is 32.2. The number of aromatic carboxylic acids is 1. The van der Waals surface area contributed by atoms with Crippen molar-refractivity contribution in [2.24, 2.45) is 0 Å². The van der Waals surface area contributed by atoms with Crippen LogP contribution in [0.25, 0.3) is 0 Å². The summed E-state index contributed by atoms with van der Waals surface area (Å²) in [4.78, 5) is 11.5. The fraction of sp³-hybridized carbons (Fsp3) is 0.357. The molecule has 0 amide bonds. The van der Waals surface area contributed by atoms with Gasteiger partial charge in [-0.05, 0) is 23.8 Å². The Hall–Kier alpha value is -1.98. The summed E-state index contributed by atoms with van der Waals surface area (Å²) in [7, 11) is 0.300. The number of anilines is 1. The summed E-state index contributed by atoms with van der Waals surface area (Å²) in [6, 6.07) is 3.38. The van der Waals surface area contributed by atoms with Crippen LogP contribution >= 0.6 is 23.1 Å². The molecule has 0 radical (unpaired) electrons. The number of aromatic nitrogens is 2. The molecule has 1 aromatic heterocycles. The van der Waals surface area contributed by atoms with Gasteiger partial charge < -0.3 is 25.3 Å². The Labute approximate surface area is 152 Å². The maximum atomic E-state index is 11.5. The second kappa shape index (κ2) is 7.50. The second-order valence-corrected chi connectivity index (χ2v) is 7.78. The van der Waals surface area contributed by atoms with Gasteiger partial charge in [-0.3, -0.25) is 0 Å². The third-order valence-corrected chi connectivity index (χ3v) is 5.82. The highest BCUT2D eigenvalue weighted by Gasteiger charge is 2.38. The minimum atomic E-state index is -1.15. The summed E-state index contributed by atoms with van der Waals surface area (Å²) in [5.41, 5.74) is 6.22. The van der Waals surface area contributed by atoms with E-state index in [2.05, 4.69) is 10.2 Å². The van der Waals surface area contributed by atoms with E-state index in [1.165, 1.54) is 18.4 Å². The molecule has 1 aromatic carbocycles. The molecule has 0 aliphatic carbocycles. The van der Waals surface area contributed by atoms with Gasteiger partial charge in [0.15, 0.2) is 0 Å². The van der Waals surface area contributed by atoms with Gasteiger partial charge >= 0.3 is 13.1 Å². The van der Waals surface area contributed by atoms with Crippen molar-refractivity contribution in [1.82, 2.24) is 10.2 Å². The number of nitrogens with two attached hydrogens (primary N) is 1. The van der Waals surface area contributed by atoms with E-state index < -0.39 is 13.1 Å². The number of nitrogens with zero attached hydrogens (tertiary/aromatic N) is 2. The zero-order valence-corrected chi connectivity index (χ0v) is 15.0. The zero-order valence-electron chi connectivity index (χ0n) is 13.3.